The fraction of sp³-hybridized carbons (Fsp3) is 0.190. The largest absolute Gasteiger partial charge is 0.493 e. The molecule has 0 atom stereocenters. The van der Waals surface area contributed by atoms with Crippen LogP contribution in [0.5, 0.6) is 5.75 Å². The van der Waals surface area contributed by atoms with Crippen LogP contribution in [-0.4, -0.2) is 12.5 Å². The molecular weight excluding hydrogens is 298 g/mol. The van der Waals surface area contributed by atoms with Crippen LogP contribution in [0.25, 0.3) is 10.8 Å². The number of rotatable bonds is 5. The molecule has 1 N–H and O–H groups in total. The fourth-order valence-electron chi connectivity index (χ4n) is 2.78. The van der Waals surface area contributed by atoms with Gasteiger partial charge in [0.15, 0.2) is 0 Å². The summed E-state index contributed by atoms with van der Waals surface area (Å²) in [6.45, 7) is 4.54. The number of fused-ring (bicyclic) bond motifs is 1. The van der Waals surface area contributed by atoms with Crippen LogP contribution >= 0.6 is 0 Å². The van der Waals surface area contributed by atoms with Crippen molar-refractivity contribution in [1.29, 1.82) is 0 Å². The summed E-state index contributed by atoms with van der Waals surface area (Å²) in [5, 5.41) is 4.90. The topological polar surface area (TPSA) is 38.3 Å². The van der Waals surface area contributed by atoms with Gasteiger partial charge in [0.1, 0.15) is 5.75 Å². The lowest BCUT2D eigenvalue weighted by Gasteiger charge is -2.13. The Balaban J connectivity index is 1.99. The first-order valence-corrected chi connectivity index (χ1v) is 8.27. The number of hydrogen-bond donors (Lipinski definition) is 1. The van der Waals surface area contributed by atoms with Crippen LogP contribution in [0, 0.1) is 0 Å². The van der Waals surface area contributed by atoms with E-state index in [4.69, 9.17) is 4.74 Å². The van der Waals surface area contributed by atoms with Gasteiger partial charge in [-0.05, 0) is 47.9 Å². The van der Waals surface area contributed by atoms with E-state index in [9.17, 15) is 4.79 Å². The number of hydrogen-bond acceptors (Lipinski definition) is 2. The van der Waals surface area contributed by atoms with E-state index in [1.807, 2.05) is 67.6 Å². The second-order valence-electron chi connectivity index (χ2n) is 5.60. The maximum atomic E-state index is 12.9. The molecule has 24 heavy (non-hydrogen) atoms. The van der Waals surface area contributed by atoms with Gasteiger partial charge in [-0.3, -0.25) is 4.79 Å². The van der Waals surface area contributed by atoms with Crippen LogP contribution in [0.1, 0.15) is 29.8 Å². The lowest BCUT2D eigenvalue weighted by atomic mass is 10.0. The predicted octanol–water partition coefficient (Wildman–Crippen LogP) is 5.05. The Morgan fingerprint density at radius 3 is 2.42 bits per heavy atom. The standard InChI is InChI=1S/C21H21NO2/c1-3-15-9-12-17(13-10-15)22-21(23)20-18-8-6-5-7-16(18)11-14-19(20)24-4-2/h5-14H,3-4H2,1-2H3,(H,22,23). The van der Waals surface area contributed by atoms with Gasteiger partial charge in [0.05, 0.1) is 12.2 Å². The van der Waals surface area contributed by atoms with Crippen molar-refractivity contribution in [3.63, 3.8) is 0 Å². The Morgan fingerprint density at radius 1 is 0.958 bits per heavy atom. The minimum atomic E-state index is -0.153. The van der Waals surface area contributed by atoms with Crippen molar-refractivity contribution in [2.24, 2.45) is 0 Å². The number of benzene rings is 3. The molecule has 0 aliphatic carbocycles. The zero-order chi connectivity index (χ0) is 16.9. The molecule has 122 valence electrons. The summed E-state index contributed by atoms with van der Waals surface area (Å²) in [5.41, 5.74) is 2.61. The Bertz CT molecular complexity index is 853. The molecule has 0 aromatic heterocycles. The van der Waals surface area contributed by atoms with Crippen molar-refractivity contribution < 1.29 is 9.53 Å². The average Bonchev–Trinajstić information content (AvgIpc) is 2.62. The van der Waals surface area contributed by atoms with Gasteiger partial charge in [0, 0.05) is 5.69 Å². The van der Waals surface area contributed by atoms with Crippen molar-refractivity contribution in [2.75, 3.05) is 11.9 Å². The molecular formula is C21H21NO2. The number of ether oxygens (including phenoxy) is 1. The number of carbonyl (C=O) groups excluding carboxylic acids is 1. The van der Waals surface area contributed by atoms with Crippen LogP contribution in [-0.2, 0) is 6.42 Å². The molecule has 3 aromatic carbocycles. The van der Waals surface area contributed by atoms with E-state index in [0.717, 1.165) is 22.9 Å². The summed E-state index contributed by atoms with van der Waals surface area (Å²) in [5.74, 6) is 0.457. The predicted molar refractivity (Wildman–Crippen MR) is 98.9 cm³/mol. The average molecular weight is 319 g/mol. The molecule has 0 unspecified atom stereocenters. The van der Waals surface area contributed by atoms with Crippen LogP contribution in [0.15, 0.2) is 60.7 Å². The Hall–Kier alpha value is -2.81. The molecule has 0 radical (unpaired) electrons. The Kier molecular flexibility index (Phi) is 4.80. The van der Waals surface area contributed by atoms with Gasteiger partial charge in [-0.2, -0.15) is 0 Å². The molecule has 0 aliphatic rings. The molecule has 1 amide bonds. The maximum Gasteiger partial charge on any atom is 0.260 e. The SMILES string of the molecule is CCOc1ccc2ccccc2c1C(=O)Nc1ccc(CC)cc1. The van der Waals surface area contributed by atoms with Crippen molar-refractivity contribution in [3.8, 4) is 5.75 Å². The number of aryl methyl sites for hydroxylation is 1. The Labute approximate surface area is 142 Å². The number of anilines is 1. The molecule has 0 saturated carbocycles. The Morgan fingerprint density at radius 2 is 1.71 bits per heavy atom. The lowest BCUT2D eigenvalue weighted by molar-refractivity contribution is 0.102. The van der Waals surface area contributed by atoms with E-state index in [1.54, 1.807) is 0 Å². The highest BCUT2D eigenvalue weighted by molar-refractivity contribution is 6.15. The normalized spacial score (nSPS) is 10.6. The number of amides is 1. The highest BCUT2D eigenvalue weighted by Crippen LogP contribution is 2.29. The van der Waals surface area contributed by atoms with Crippen LogP contribution in [0.3, 0.4) is 0 Å². The first-order valence-electron chi connectivity index (χ1n) is 8.27. The molecule has 3 heteroatoms. The van der Waals surface area contributed by atoms with E-state index in [0.29, 0.717) is 17.9 Å². The molecule has 0 spiro atoms. The highest BCUT2D eigenvalue weighted by Gasteiger charge is 2.16. The van der Waals surface area contributed by atoms with Gasteiger partial charge in [0.25, 0.3) is 5.91 Å². The van der Waals surface area contributed by atoms with E-state index in [-0.39, 0.29) is 5.91 Å². The molecule has 0 aliphatic heterocycles. The summed E-state index contributed by atoms with van der Waals surface area (Å²) < 4.78 is 5.68. The zero-order valence-corrected chi connectivity index (χ0v) is 14.0. The van der Waals surface area contributed by atoms with Crippen molar-refractivity contribution in [1.82, 2.24) is 0 Å². The van der Waals surface area contributed by atoms with Crippen LogP contribution in [0.2, 0.25) is 0 Å². The third-order valence-corrected chi connectivity index (χ3v) is 4.04. The minimum Gasteiger partial charge on any atom is -0.493 e. The molecule has 0 bridgehead atoms. The summed E-state index contributed by atoms with van der Waals surface area (Å²) in [7, 11) is 0. The second-order valence-corrected chi connectivity index (χ2v) is 5.60. The smallest absolute Gasteiger partial charge is 0.260 e. The van der Waals surface area contributed by atoms with Gasteiger partial charge in [-0.15, -0.1) is 0 Å². The van der Waals surface area contributed by atoms with E-state index < -0.39 is 0 Å². The second kappa shape index (κ2) is 7.18. The number of nitrogens with one attached hydrogen (secondary N) is 1. The summed E-state index contributed by atoms with van der Waals surface area (Å²) in [6.07, 6.45) is 0.978. The van der Waals surface area contributed by atoms with E-state index in [2.05, 4.69) is 12.2 Å². The van der Waals surface area contributed by atoms with Gasteiger partial charge >= 0.3 is 0 Å². The summed E-state index contributed by atoms with van der Waals surface area (Å²) >= 11 is 0. The van der Waals surface area contributed by atoms with Crippen molar-refractivity contribution in [3.05, 3.63) is 71.8 Å². The van der Waals surface area contributed by atoms with Gasteiger partial charge in [-0.1, -0.05) is 49.4 Å². The van der Waals surface area contributed by atoms with Crippen molar-refractivity contribution in [2.45, 2.75) is 20.3 Å². The molecule has 0 saturated heterocycles. The first kappa shape index (κ1) is 16.1. The number of carbonyl (C=O) groups is 1. The van der Waals surface area contributed by atoms with Gasteiger partial charge < -0.3 is 10.1 Å². The summed E-state index contributed by atoms with van der Waals surface area (Å²) in [6, 6.07) is 19.6. The lowest BCUT2D eigenvalue weighted by Crippen LogP contribution is -2.14. The van der Waals surface area contributed by atoms with Gasteiger partial charge in [-0.25, -0.2) is 0 Å². The van der Waals surface area contributed by atoms with E-state index >= 15 is 0 Å². The van der Waals surface area contributed by atoms with Crippen LogP contribution in [0.4, 0.5) is 5.69 Å². The zero-order valence-electron chi connectivity index (χ0n) is 14.0. The minimum absolute atomic E-state index is 0.153. The highest BCUT2D eigenvalue weighted by atomic mass is 16.5. The van der Waals surface area contributed by atoms with Crippen LogP contribution < -0.4 is 10.1 Å². The van der Waals surface area contributed by atoms with Crippen molar-refractivity contribution >= 4 is 22.4 Å². The third-order valence-electron chi connectivity index (χ3n) is 4.04. The fourth-order valence-corrected chi connectivity index (χ4v) is 2.78. The summed E-state index contributed by atoms with van der Waals surface area (Å²) in [4.78, 5) is 12.9. The maximum absolute atomic E-state index is 12.9. The monoisotopic (exact) mass is 319 g/mol. The molecule has 0 heterocycles. The molecule has 3 rings (SSSR count). The third kappa shape index (κ3) is 3.25. The van der Waals surface area contributed by atoms with Gasteiger partial charge in [0.2, 0.25) is 0 Å². The molecule has 3 aromatic rings. The molecule has 3 nitrogen and oxygen atoms in total. The van der Waals surface area contributed by atoms with E-state index in [1.165, 1.54) is 5.56 Å². The quantitative estimate of drug-likeness (QED) is 0.714. The molecule has 0 fully saturated rings. The first-order chi connectivity index (χ1) is 11.7.